The van der Waals surface area contributed by atoms with E-state index in [1.54, 1.807) is 6.20 Å². The van der Waals surface area contributed by atoms with Crippen LogP contribution in [0.5, 0.6) is 0 Å². The summed E-state index contributed by atoms with van der Waals surface area (Å²) in [5.41, 5.74) is 8.97. The van der Waals surface area contributed by atoms with Crippen molar-refractivity contribution >= 4 is 45.1 Å². The first kappa shape index (κ1) is 32.4. The van der Waals surface area contributed by atoms with Crippen molar-refractivity contribution < 1.29 is 9.52 Å². The lowest BCUT2D eigenvalue weighted by Crippen LogP contribution is -2.29. The molecule has 1 atom stereocenters. The molecule has 3 aromatic heterocycles. The number of likely N-dealkylation sites (tertiary alicyclic amines) is 2. The van der Waals surface area contributed by atoms with Gasteiger partial charge in [-0.05, 0) is 97.9 Å². The van der Waals surface area contributed by atoms with E-state index in [-0.39, 0.29) is 6.10 Å². The molecule has 8 rings (SSSR count). The van der Waals surface area contributed by atoms with E-state index < -0.39 is 0 Å². The van der Waals surface area contributed by atoms with Crippen LogP contribution in [0.25, 0.3) is 44.6 Å². The molecule has 2 N–H and O–H groups in total. The third kappa shape index (κ3) is 6.43. The van der Waals surface area contributed by atoms with Crippen LogP contribution >= 0.6 is 11.6 Å². The summed E-state index contributed by atoms with van der Waals surface area (Å²) in [6.07, 6.45) is 7.92. The highest BCUT2D eigenvalue weighted by atomic mass is 35.5. The van der Waals surface area contributed by atoms with Gasteiger partial charge >= 0.3 is 0 Å². The van der Waals surface area contributed by atoms with E-state index in [4.69, 9.17) is 26.0 Å². The lowest BCUT2D eigenvalue weighted by Gasteiger charge is -2.26. The summed E-state index contributed by atoms with van der Waals surface area (Å²) in [4.78, 5) is 19.0. The van der Waals surface area contributed by atoms with Crippen molar-refractivity contribution in [3.8, 4) is 28.7 Å². The highest BCUT2D eigenvalue weighted by Crippen LogP contribution is 2.40. The van der Waals surface area contributed by atoms with E-state index in [0.29, 0.717) is 45.6 Å². The fraction of sp³-hybridized carbons (Fsp3) is 0.300. The number of fused-ring (bicyclic) bond motifs is 2. The van der Waals surface area contributed by atoms with Crippen molar-refractivity contribution in [1.29, 1.82) is 5.26 Å². The maximum atomic E-state index is 10.00. The van der Waals surface area contributed by atoms with Gasteiger partial charge in [0.15, 0.2) is 11.4 Å². The molecule has 0 aliphatic carbocycles. The molecule has 10 heteroatoms. The third-order valence-corrected chi connectivity index (χ3v) is 10.3. The molecule has 2 fully saturated rings. The number of aliphatic hydroxyl groups is 1. The number of pyridine rings is 2. The van der Waals surface area contributed by atoms with Gasteiger partial charge in [-0.25, -0.2) is 9.97 Å². The van der Waals surface area contributed by atoms with Gasteiger partial charge < -0.3 is 14.8 Å². The van der Waals surface area contributed by atoms with Gasteiger partial charge in [0.2, 0.25) is 5.89 Å². The Kier molecular flexibility index (Phi) is 8.94. The predicted octanol–water partition coefficient (Wildman–Crippen LogP) is 8.23. The first-order valence-corrected chi connectivity index (χ1v) is 17.7. The maximum Gasteiger partial charge on any atom is 0.227 e. The summed E-state index contributed by atoms with van der Waals surface area (Å²) >= 11 is 7.13. The van der Waals surface area contributed by atoms with E-state index >= 15 is 0 Å². The van der Waals surface area contributed by atoms with Gasteiger partial charge in [0.05, 0.1) is 22.4 Å². The Morgan fingerprint density at radius 2 is 1.74 bits per heavy atom. The van der Waals surface area contributed by atoms with Crippen LogP contribution < -0.4 is 5.32 Å². The van der Waals surface area contributed by atoms with Gasteiger partial charge in [0.25, 0.3) is 0 Å². The van der Waals surface area contributed by atoms with E-state index in [1.165, 1.54) is 19.3 Å². The van der Waals surface area contributed by atoms with Crippen LogP contribution in [0.3, 0.4) is 0 Å². The Bertz CT molecular complexity index is 2260. The highest BCUT2D eigenvalue weighted by molar-refractivity contribution is 6.36. The van der Waals surface area contributed by atoms with E-state index in [1.807, 2.05) is 61.7 Å². The number of benzene rings is 3. The monoisotopic (exact) mass is 683 g/mol. The number of hydrogen-bond acceptors (Lipinski definition) is 9. The van der Waals surface area contributed by atoms with Crippen molar-refractivity contribution in [2.75, 3.05) is 31.5 Å². The van der Waals surface area contributed by atoms with Gasteiger partial charge in [-0.1, -0.05) is 42.3 Å². The fourth-order valence-electron chi connectivity index (χ4n) is 7.38. The Morgan fingerprint density at radius 3 is 2.56 bits per heavy atom. The second-order valence-corrected chi connectivity index (χ2v) is 13.9. The molecule has 2 aliphatic heterocycles. The number of anilines is 2. The summed E-state index contributed by atoms with van der Waals surface area (Å²) in [6, 6.07) is 22.3. The number of rotatable bonds is 8. The number of nitrogens with zero attached hydrogens (tertiary/aromatic N) is 6. The van der Waals surface area contributed by atoms with Gasteiger partial charge in [0.1, 0.15) is 17.1 Å². The number of nitriles is 1. The quantitative estimate of drug-likeness (QED) is 0.164. The average Bonchev–Trinajstić information content (AvgIpc) is 3.75. The van der Waals surface area contributed by atoms with Gasteiger partial charge in [-0.2, -0.15) is 5.26 Å². The number of β-amino-alcohol motifs (C(OH)–C–C–N with tert-alkyl or cyclic N) is 1. The maximum absolute atomic E-state index is 10.00. The zero-order valence-electron chi connectivity index (χ0n) is 28.0. The summed E-state index contributed by atoms with van der Waals surface area (Å²) in [7, 11) is 0. The van der Waals surface area contributed by atoms with Crippen LogP contribution in [0.2, 0.25) is 5.02 Å². The number of aromatic nitrogens is 3. The van der Waals surface area contributed by atoms with Crippen LogP contribution in [-0.4, -0.2) is 62.1 Å². The van der Waals surface area contributed by atoms with E-state index in [0.717, 1.165) is 83.4 Å². The fourth-order valence-corrected chi connectivity index (χ4v) is 7.65. The Balaban J connectivity index is 1.08. The standard InChI is InChI=1S/C40H38ClN7O2/c1-25-31(7-5-8-32(25)40-46-35-19-26(17-29(20-42)38(35)50-40)22-47-14-3-2-4-15-47)33-9-6-10-34(36(33)41)45-39-37-28(11-13-43-39)18-27(21-44-37)23-48-16-12-30(49)24-48/h5-11,13,17-19,21,30,49H,2-4,12,14-16,22-24H2,1H3,(H,43,45)/t30-/m1/s1. The number of nitrogens with one attached hydrogen (secondary N) is 1. The molecule has 3 aromatic carbocycles. The number of hydrogen-bond donors (Lipinski definition) is 2. The molecule has 0 saturated carbocycles. The minimum Gasteiger partial charge on any atom is -0.435 e. The zero-order valence-corrected chi connectivity index (χ0v) is 28.7. The normalized spacial score (nSPS) is 17.0. The average molecular weight is 684 g/mol. The summed E-state index contributed by atoms with van der Waals surface area (Å²) in [5.74, 6) is 1.09. The molecule has 50 heavy (non-hydrogen) atoms. The molecular formula is C40H38ClN7O2. The van der Waals surface area contributed by atoms with Crippen LogP contribution in [0, 0.1) is 18.3 Å². The lowest BCUT2D eigenvalue weighted by atomic mass is 9.96. The molecule has 0 unspecified atom stereocenters. The molecule has 6 aromatic rings. The van der Waals surface area contributed by atoms with E-state index in [9.17, 15) is 10.4 Å². The summed E-state index contributed by atoms with van der Waals surface area (Å²) in [6.45, 7) is 7.33. The second-order valence-electron chi connectivity index (χ2n) is 13.5. The Labute approximate surface area is 296 Å². The molecule has 2 aliphatic rings. The molecule has 5 heterocycles. The molecule has 0 amide bonds. The van der Waals surface area contributed by atoms with Gasteiger partial charge in [0, 0.05) is 55.1 Å². The molecular weight excluding hydrogens is 646 g/mol. The van der Waals surface area contributed by atoms with Crippen molar-refractivity contribution in [2.45, 2.75) is 51.8 Å². The first-order chi connectivity index (χ1) is 24.4. The van der Waals surface area contributed by atoms with E-state index in [2.05, 4.69) is 38.3 Å². The van der Waals surface area contributed by atoms with Crippen molar-refractivity contribution in [3.63, 3.8) is 0 Å². The van der Waals surface area contributed by atoms with Crippen LogP contribution in [0.1, 0.15) is 47.9 Å². The molecule has 252 valence electrons. The van der Waals surface area contributed by atoms with Gasteiger partial charge in [-0.3, -0.25) is 14.8 Å². The van der Waals surface area contributed by atoms with Gasteiger partial charge in [-0.15, -0.1) is 0 Å². The first-order valence-electron chi connectivity index (χ1n) is 17.3. The number of aliphatic hydroxyl groups excluding tert-OH is 1. The molecule has 9 nitrogen and oxygen atoms in total. The Morgan fingerprint density at radius 1 is 0.940 bits per heavy atom. The molecule has 2 saturated heterocycles. The third-order valence-electron chi connectivity index (χ3n) is 9.94. The number of halogens is 1. The number of piperidine rings is 1. The smallest absolute Gasteiger partial charge is 0.227 e. The van der Waals surface area contributed by atoms with Crippen molar-refractivity contribution in [3.05, 3.63) is 100 Å². The highest BCUT2D eigenvalue weighted by Gasteiger charge is 2.22. The molecule has 0 radical (unpaired) electrons. The zero-order chi connectivity index (χ0) is 34.2. The lowest BCUT2D eigenvalue weighted by molar-refractivity contribution is 0.175. The number of oxazole rings is 1. The van der Waals surface area contributed by atoms with Crippen LogP contribution in [0.4, 0.5) is 11.5 Å². The van der Waals surface area contributed by atoms with Crippen LogP contribution in [0.15, 0.2) is 77.5 Å². The van der Waals surface area contributed by atoms with Crippen molar-refractivity contribution in [1.82, 2.24) is 24.8 Å². The Hall–Kier alpha value is -4.85. The SMILES string of the molecule is Cc1c(-c2nc3cc(CN4CCCCC4)cc(C#N)c3o2)cccc1-c1cccc(Nc2nccc3cc(CN4CC[C@@H](O)C4)cnc23)c1Cl. The summed E-state index contributed by atoms with van der Waals surface area (Å²) < 4.78 is 6.30. The largest absolute Gasteiger partial charge is 0.435 e. The minimum absolute atomic E-state index is 0.252. The second kappa shape index (κ2) is 13.8. The minimum atomic E-state index is -0.252. The predicted molar refractivity (Wildman–Crippen MR) is 197 cm³/mol. The molecule has 0 spiro atoms. The molecule has 0 bridgehead atoms. The topological polar surface area (TPSA) is 114 Å². The summed E-state index contributed by atoms with van der Waals surface area (Å²) in [5, 5.41) is 24.9. The van der Waals surface area contributed by atoms with Crippen molar-refractivity contribution in [2.24, 2.45) is 0 Å². The van der Waals surface area contributed by atoms with Crippen LogP contribution in [-0.2, 0) is 13.1 Å².